The average Bonchev–Trinajstić information content (AvgIpc) is 2.51. The van der Waals surface area contributed by atoms with Crippen LogP contribution in [0.3, 0.4) is 0 Å². The lowest BCUT2D eigenvalue weighted by Gasteiger charge is -2.12. The lowest BCUT2D eigenvalue weighted by atomic mass is 10.3. The molecule has 9 heteroatoms. The van der Waals surface area contributed by atoms with Crippen molar-refractivity contribution >= 4 is 10.0 Å². The fraction of sp³-hybridized carbons (Fsp3) is 0.231. The molecule has 2 aromatic rings. The fourth-order valence-corrected chi connectivity index (χ4v) is 3.41. The van der Waals surface area contributed by atoms with Gasteiger partial charge < -0.3 is 4.74 Å². The van der Waals surface area contributed by atoms with Crippen molar-refractivity contribution in [2.24, 2.45) is 12.0 Å². The summed E-state index contributed by atoms with van der Waals surface area (Å²) in [6, 6.07) is 5.77. The Labute approximate surface area is 126 Å². The maximum Gasteiger partial charge on any atom is 0.343 e. The Balaban J connectivity index is 2.84. The first-order valence-corrected chi connectivity index (χ1v) is 7.58. The van der Waals surface area contributed by atoms with Crippen LogP contribution in [0, 0.1) is 5.82 Å². The number of methoxy groups -OCH3 is 1. The lowest BCUT2D eigenvalue weighted by Crippen LogP contribution is -2.42. The van der Waals surface area contributed by atoms with Gasteiger partial charge in [0.1, 0.15) is 10.6 Å². The predicted octanol–water partition coefficient (Wildman–Crippen LogP) is 0.102. The molecule has 0 N–H and O–H groups in total. The second-order valence-electron chi connectivity index (χ2n) is 4.32. The highest BCUT2D eigenvalue weighted by Crippen LogP contribution is 2.24. The normalized spacial score (nSPS) is 12.5. The first-order valence-electron chi connectivity index (χ1n) is 6.14. The van der Waals surface area contributed by atoms with Crippen LogP contribution in [0.2, 0.25) is 0 Å². The molecule has 0 aliphatic carbocycles. The van der Waals surface area contributed by atoms with Gasteiger partial charge in [0, 0.05) is 14.1 Å². The third-order valence-corrected chi connectivity index (χ3v) is 4.73. The van der Waals surface area contributed by atoms with E-state index in [4.69, 9.17) is 4.74 Å². The van der Waals surface area contributed by atoms with Crippen molar-refractivity contribution in [2.45, 2.75) is 4.90 Å². The molecule has 0 amide bonds. The van der Waals surface area contributed by atoms with Gasteiger partial charge in [-0.05, 0) is 12.1 Å². The van der Waals surface area contributed by atoms with E-state index in [1.807, 2.05) is 0 Å². The smallest absolute Gasteiger partial charge is 0.343 e. The number of halogens is 1. The van der Waals surface area contributed by atoms with E-state index >= 15 is 0 Å². The van der Waals surface area contributed by atoms with Gasteiger partial charge in [-0.2, -0.15) is 3.97 Å². The largest absolute Gasteiger partial charge is 0.495 e. The van der Waals surface area contributed by atoms with E-state index in [0.717, 1.165) is 4.57 Å². The van der Waals surface area contributed by atoms with Crippen LogP contribution in [0.25, 0.3) is 0 Å². The second kappa shape index (κ2) is 5.76. The minimum Gasteiger partial charge on any atom is -0.495 e. The van der Waals surface area contributed by atoms with Crippen LogP contribution in [0.15, 0.2) is 45.1 Å². The molecule has 1 heterocycles. The van der Waals surface area contributed by atoms with E-state index in [-0.39, 0.29) is 16.1 Å². The molecule has 1 aromatic carbocycles. The van der Waals surface area contributed by atoms with Crippen molar-refractivity contribution < 1.29 is 17.5 Å². The first-order chi connectivity index (χ1) is 10.3. The molecular formula is C13H14FN3O4S. The average molecular weight is 327 g/mol. The van der Waals surface area contributed by atoms with Crippen LogP contribution in [0.5, 0.6) is 5.75 Å². The van der Waals surface area contributed by atoms with E-state index in [1.165, 1.54) is 39.4 Å². The minimum absolute atomic E-state index is 0.0571. The van der Waals surface area contributed by atoms with Crippen LogP contribution < -0.4 is 15.9 Å². The van der Waals surface area contributed by atoms with Crippen LogP contribution >= 0.6 is 0 Å². The van der Waals surface area contributed by atoms with Crippen molar-refractivity contribution in [1.82, 2.24) is 8.54 Å². The van der Waals surface area contributed by atoms with Crippen LogP contribution in [0.4, 0.5) is 4.39 Å². The van der Waals surface area contributed by atoms with Gasteiger partial charge in [-0.3, -0.25) is 9.56 Å². The standard InChI is InChI=1S/C13H14FN3O4S/c1-15-12-9(14)8-17(13(18)16(12)2)22(19,20)11-7-5-4-6-10(11)21-3/h4-8H,1-3H3. The Morgan fingerprint density at radius 2 is 1.91 bits per heavy atom. The third-order valence-electron chi connectivity index (χ3n) is 3.06. The molecule has 0 aliphatic heterocycles. The van der Waals surface area contributed by atoms with Gasteiger partial charge >= 0.3 is 5.69 Å². The van der Waals surface area contributed by atoms with Gasteiger partial charge in [0.25, 0.3) is 10.0 Å². The summed E-state index contributed by atoms with van der Waals surface area (Å²) < 4.78 is 45.3. The topological polar surface area (TPSA) is 82.7 Å². The predicted molar refractivity (Wildman–Crippen MR) is 76.7 cm³/mol. The molecule has 22 heavy (non-hydrogen) atoms. The van der Waals surface area contributed by atoms with Gasteiger partial charge in [-0.25, -0.2) is 17.6 Å². The summed E-state index contributed by atoms with van der Waals surface area (Å²) >= 11 is 0. The van der Waals surface area contributed by atoms with Crippen molar-refractivity contribution in [3.05, 3.63) is 52.3 Å². The maximum absolute atomic E-state index is 13.9. The number of benzene rings is 1. The van der Waals surface area contributed by atoms with E-state index in [9.17, 15) is 17.6 Å². The van der Waals surface area contributed by atoms with Gasteiger partial charge in [0.05, 0.1) is 13.3 Å². The van der Waals surface area contributed by atoms with Gasteiger partial charge in [0.15, 0.2) is 11.3 Å². The minimum atomic E-state index is -4.31. The zero-order chi connectivity index (χ0) is 16.5. The summed E-state index contributed by atoms with van der Waals surface area (Å²) in [5.74, 6) is -0.871. The zero-order valence-corrected chi connectivity index (χ0v) is 13.0. The molecule has 0 saturated carbocycles. The molecule has 0 atom stereocenters. The molecule has 0 spiro atoms. The van der Waals surface area contributed by atoms with Crippen molar-refractivity contribution in [1.29, 1.82) is 0 Å². The maximum atomic E-state index is 13.9. The van der Waals surface area contributed by atoms with E-state index in [1.54, 1.807) is 6.07 Å². The summed E-state index contributed by atoms with van der Waals surface area (Å²) in [7, 11) is -0.463. The highest BCUT2D eigenvalue weighted by molar-refractivity contribution is 7.90. The summed E-state index contributed by atoms with van der Waals surface area (Å²) in [6.07, 6.45) is 0.604. The molecular weight excluding hydrogens is 313 g/mol. The summed E-state index contributed by atoms with van der Waals surface area (Å²) in [6.45, 7) is 0. The Morgan fingerprint density at radius 3 is 2.50 bits per heavy atom. The van der Waals surface area contributed by atoms with E-state index in [2.05, 4.69) is 4.99 Å². The molecule has 0 fully saturated rings. The number of para-hydroxylation sites is 1. The Hall–Kier alpha value is -2.42. The molecule has 118 valence electrons. The highest BCUT2D eigenvalue weighted by atomic mass is 32.2. The monoisotopic (exact) mass is 327 g/mol. The Kier molecular flexibility index (Phi) is 4.18. The molecule has 2 rings (SSSR count). The van der Waals surface area contributed by atoms with Gasteiger partial charge in [0.2, 0.25) is 0 Å². The van der Waals surface area contributed by atoms with Crippen LogP contribution in [-0.4, -0.2) is 31.1 Å². The lowest BCUT2D eigenvalue weighted by molar-refractivity contribution is 0.402. The fourth-order valence-electron chi connectivity index (χ4n) is 1.98. The number of rotatable bonds is 3. The van der Waals surface area contributed by atoms with E-state index < -0.39 is 21.5 Å². The number of ether oxygens (including phenoxy) is 1. The summed E-state index contributed by atoms with van der Waals surface area (Å²) in [5.41, 5.74) is -1.18. The Bertz CT molecular complexity index is 944. The van der Waals surface area contributed by atoms with Crippen molar-refractivity contribution in [3.63, 3.8) is 0 Å². The van der Waals surface area contributed by atoms with Gasteiger partial charge in [-0.15, -0.1) is 0 Å². The number of aromatic nitrogens is 2. The molecule has 0 unspecified atom stereocenters. The molecule has 0 saturated heterocycles. The van der Waals surface area contributed by atoms with Crippen LogP contribution in [-0.2, 0) is 17.1 Å². The Morgan fingerprint density at radius 1 is 1.27 bits per heavy atom. The molecule has 7 nitrogen and oxygen atoms in total. The first kappa shape index (κ1) is 16.0. The highest BCUT2D eigenvalue weighted by Gasteiger charge is 2.24. The number of nitrogens with zero attached hydrogens (tertiary/aromatic N) is 3. The molecule has 0 radical (unpaired) electrons. The summed E-state index contributed by atoms with van der Waals surface area (Å²) in [5, 5.41) is 0. The van der Waals surface area contributed by atoms with Crippen molar-refractivity contribution in [2.75, 3.05) is 14.2 Å². The molecule has 1 aromatic heterocycles. The third kappa shape index (κ3) is 2.43. The number of hydrogen-bond acceptors (Lipinski definition) is 5. The summed E-state index contributed by atoms with van der Waals surface area (Å²) in [4.78, 5) is 15.6. The van der Waals surface area contributed by atoms with E-state index in [0.29, 0.717) is 10.2 Å². The zero-order valence-electron chi connectivity index (χ0n) is 12.1. The van der Waals surface area contributed by atoms with Crippen molar-refractivity contribution in [3.8, 4) is 5.75 Å². The second-order valence-corrected chi connectivity index (χ2v) is 6.10. The van der Waals surface area contributed by atoms with Gasteiger partial charge in [-0.1, -0.05) is 12.1 Å². The quantitative estimate of drug-likeness (QED) is 0.801. The van der Waals surface area contributed by atoms with Crippen LogP contribution in [0.1, 0.15) is 0 Å². The number of hydrogen-bond donors (Lipinski definition) is 0. The molecule has 0 aliphatic rings. The molecule has 0 bridgehead atoms. The SMILES string of the molecule is CN=c1c(F)cn(S(=O)(=O)c2ccccc2OC)c(=O)n1C.